The van der Waals surface area contributed by atoms with Crippen LogP contribution in [0.15, 0.2) is 28.1 Å². The number of anilines is 1. The lowest BCUT2D eigenvalue weighted by Gasteiger charge is -2.24. The Morgan fingerprint density at radius 3 is 2.80 bits per heavy atom. The highest BCUT2D eigenvalue weighted by atomic mass is 35.5. The van der Waals surface area contributed by atoms with Crippen molar-refractivity contribution in [3.05, 3.63) is 39.4 Å². The summed E-state index contributed by atoms with van der Waals surface area (Å²) >= 11 is 6.03. The van der Waals surface area contributed by atoms with Crippen molar-refractivity contribution in [1.29, 1.82) is 0 Å². The molecular weight excluding hydrogens is 338 g/mol. The molecular formula is C18H22ClN5O. The topological polar surface area (TPSA) is 83.0 Å². The first kappa shape index (κ1) is 17.6. The van der Waals surface area contributed by atoms with Gasteiger partial charge in [0.25, 0.3) is 5.56 Å². The molecule has 2 N–H and O–H groups in total. The second kappa shape index (κ2) is 7.78. The maximum absolute atomic E-state index is 12.7. The normalized spacial score (nSPS) is 16.0. The van der Waals surface area contributed by atoms with Crippen LogP contribution in [0.4, 0.5) is 5.69 Å². The molecule has 1 aliphatic carbocycles. The van der Waals surface area contributed by atoms with Crippen LogP contribution in [-0.4, -0.2) is 33.8 Å². The quantitative estimate of drug-likeness (QED) is 0.816. The molecule has 0 bridgehead atoms. The molecule has 0 unspecified atom stereocenters. The van der Waals surface area contributed by atoms with Gasteiger partial charge in [0.1, 0.15) is 17.1 Å². The maximum atomic E-state index is 12.7. The summed E-state index contributed by atoms with van der Waals surface area (Å²) in [7, 11) is 1.69. The van der Waals surface area contributed by atoms with Crippen molar-refractivity contribution in [2.24, 2.45) is 4.99 Å². The molecule has 25 heavy (non-hydrogen) atoms. The van der Waals surface area contributed by atoms with E-state index in [1.54, 1.807) is 25.4 Å². The van der Waals surface area contributed by atoms with E-state index in [9.17, 15) is 4.79 Å². The van der Waals surface area contributed by atoms with E-state index >= 15 is 0 Å². The predicted octanol–water partition coefficient (Wildman–Crippen LogP) is 3.67. The lowest BCUT2D eigenvalue weighted by atomic mass is 9.95. The van der Waals surface area contributed by atoms with E-state index in [0.717, 1.165) is 12.8 Å². The minimum absolute atomic E-state index is 0.213. The third-order valence-electron chi connectivity index (χ3n) is 4.52. The van der Waals surface area contributed by atoms with Gasteiger partial charge in [0.05, 0.1) is 5.71 Å². The zero-order valence-corrected chi connectivity index (χ0v) is 15.2. The number of rotatable bonds is 4. The highest BCUT2D eigenvalue weighted by Crippen LogP contribution is 2.23. The van der Waals surface area contributed by atoms with Gasteiger partial charge in [-0.15, -0.1) is 0 Å². The Labute approximate surface area is 151 Å². The van der Waals surface area contributed by atoms with Gasteiger partial charge in [-0.3, -0.25) is 14.8 Å². The molecule has 0 radical (unpaired) electrons. The van der Waals surface area contributed by atoms with Crippen LogP contribution in [0, 0.1) is 0 Å². The van der Waals surface area contributed by atoms with E-state index in [-0.39, 0.29) is 5.56 Å². The number of aromatic amines is 1. The van der Waals surface area contributed by atoms with Crippen molar-refractivity contribution in [1.82, 2.24) is 15.0 Å². The molecule has 6 nitrogen and oxygen atoms in total. The molecule has 2 aromatic heterocycles. The van der Waals surface area contributed by atoms with Gasteiger partial charge in [-0.25, -0.2) is 4.98 Å². The zero-order chi connectivity index (χ0) is 17.8. The van der Waals surface area contributed by atoms with E-state index < -0.39 is 0 Å². The standard InChI is InChI=1S/C18H22ClN5O/c1-11(20-2)15-16(22-13-6-4-3-5-7-13)18(25)24-17(23-15)14-10-12(19)8-9-21-14/h8-10,13,22H,3-7H2,1-2H3,(H,23,24,25)/b20-11-. The van der Waals surface area contributed by atoms with Crippen molar-refractivity contribution < 1.29 is 0 Å². The van der Waals surface area contributed by atoms with Crippen molar-refractivity contribution in [3.8, 4) is 11.5 Å². The summed E-state index contributed by atoms with van der Waals surface area (Å²) in [6, 6.07) is 3.66. The van der Waals surface area contributed by atoms with E-state index in [1.165, 1.54) is 19.3 Å². The van der Waals surface area contributed by atoms with Crippen molar-refractivity contribution in [3.63, 3.8) is 0 Å². The predicted molar refractivity (Wildman–Crippen MR) is 102 cm³/mol. The largest absolute Gasteiger partial charge is 0.376 e. The highest BCUT2D eigenvalue weighted by molar-refractivity contribution is 6.30. The van der Waals surface area contributed by atoms with Gasteiger partial charge in [-0.2, -0.15) is 0 Å². The molecule has 0 aromatic carbocycles. The van der Waals surface area contributed by atoms with E-state index in [2.05, 4.69) is 25.3 Å². The minimum atomic E-state index is -0.213. The summed E-state index contributed by atoms with van der Waals surface area (Å²) in [6.07, 6.45) is 7.35. The smallest absolute Gasteiger partial charge is 0.275 e. The fourth-order valence-corrected chi connectivity index (χ4v) is 3.24. The number of pyridine rings is 1. The molecule has 0 saturated heterocycles. The first-order chi connectivity index (χ1) is 12.1. The molecule has 3 rings (SSSR count). The number of halogens is 1. The van der Waals surface area contributed by atoms with E-state index in [4.69, 9.17) is 11.6 Å². The Morgan fingerprint density at radius 2 is 2.12 bits per heavy atom. The van der Waals surface area contributed by atoms with Crippen LogP contribution in [0.1, 0.15) is 44.7 Å². The van der Waals surface area contributed by atoms with Crippen molar-refractivity contribution in [2.75, 3.05) is 12.4 Å². The van der Waals surface area contributed by atoms with E-state index in [1.807, 2.05) is 6.92 Å². The summed E-state index contributed by atoms with van der Waals surface area (Å²) < 4.78 is 0. The Hall–Kier alpha value is -2.21. The summed E-state index contributed by atoms with van der Waals surface area (Å²) in [5.41, 5.74) is 2.07. The summed E-state index contributed by atoms with van der Waals surface area (Å²) in [5, 5.41) is 3.93. The first-order valence-corrected chi connectivity index (χ1v) is 8.93. The molecule has 0 atom stereocenters. The summed E-state index contributed by atoms with van der Waals surface area (Å²) in [4.78, 5) is 28.6. The number of H-pyrrole nitrogens is 1. The Bertz CT molecular complexity index is 840. The monoisotopic (exact) mass is 359 g/mol. The molecule has 0 aliphatic heterocycles. The van der Waals surface area contributed by atoms with Crippen molar-refractivity contribution >= 4 is 23.0 Å². The van der Waals surface area contributed by atoms with Gasteiger partial charge in [0.2, 0.25) is 0 Å². The lowest BCUT2D eigenvalue weighted by Crippen LogP contribution is -2.29. The maximum Gasteiger partial charge on any atom is 0.275 e. The van der Waals surface area contributed by atoms with Crippen LogP contribution < -0.4 is 10.9 Å². The summed E-state index contributed by atoms with van der Waals surface area (Å²) in [6.45, 7) is 1.85. The van der Waals surface area contributed by atoms with Crippen molar-refractivity contribution in [2.45, 2.75) is 45.1 Å². The van der Waals surface area contributed by atoms with Gasteiger partial charge in [-0.1, -0.05) is 30.9 Å². The van der Waals surface area contributed by atoms with Gasteiger partial charge >= 0.3 is 0 Å². The fraction of sp³-hybridized carbons (Fsp3) is 0.444. The average Bonchev–Trinajstić information content (AvgIpc) is 2.63. The SMILES string of the molecule is C/N=C(/C)c1nc(-c2cc(Cl)ccn2)[nH]c(=O)c1NC1CCCCC1. The first-order valence-electron chi connectivity index (χ1n) is 8.55. The van der Waals surface area contributed by atoms with Crippen LogP contribution in [0.25, 0.3) is 11.5 Å². The second-order valence-electron chi connectivity index (χ2n) is 6.29. The fourth-order valence-electron chi connectivity index (χ4n) is 3.08. The zero-order valence-electron chi connectivity index (χ0n) is 14.5. The molecule has 1 fully saturated rings. The molecule has 1 saturated carbocycles. The number of aromatic nitrogens is 3. The van der Waals surface area contributed by atoms with Crippen LogP contribution >= 0.6 is 11.6 Å². The Kier molecular flexibility index (Phi) is 5.48. The number of hydrogen-bond donors (Lipinski definition) is 2. The van der Waals surface area contributed by atoms with Crippen LogP contribution in [-0.2, 0) is 0 Å². The molecule has 1 aliphatic rings. The molecule has 2 heterocycles. The Morgan fingerprint density at radius 1 is 1.36 bits per heavy atom. The van der Waals surface area contributed by atoms with Gasteiger partial charge in [0.15, 0.2) is 5.82 Å². The highest BCUT2D eigenvalue weighted by Gasteiger charge is 2.20. The number of nitrogens with zero attached hydrogens (tertiary/aromatic N) is 3. The number of nitrogens with one attached hydrogen (secondary N) is 2. The molecule has 0 spiro atoms. The lowest BCUT2D eigenvalue weighted by molar-refractivity contribution is 0.462. The van der Waals surface area contributed by atoms with Gasteiger partial charge < -0.3 is 10.3 Å². The second-order valence-corrected chi connectivity index (χ2v) is 6.72. The average molecular weight is 360 g/mol. The molecule has 7 heteroatoms. The van der Waals surface area contributed by atoms with Gasteiger partial charge in [-0.05, 0) is 31.9 Å². The van der Waals surface area contributed by atoms with Crippen LogP contribution in [0.3, 0.4) is 0 Å². The number of hydrogen-bond acceptors (Lipinski definition) is 5. The third-order valence-corrected chi connectivity index (χ3v) is 4.75. The van der Waals surface area contributed by atoms with Crippen LogP contribution in [0.5, 0.6) is 0 Å². The van der Waals surface area contributed by atoms with Crippen LogP contribution in [0.2, 0.25) is 5.02 Å². The molecule has 132 valence electrons. The minimum Gasteiger partial charge on any atom is -0.376 e. The molecule has 0 amide bonds. The van der Waals surface area contributed by atoms with Gasteiger partial charge in [0, 0.05) is 24.3 Å². The van der Waals surface area contributed by atoms with E-state index in [0.29, 0.717) is 39.7 Å². The number of aliphatic imine (C=N–C) groups is 1. The Balaban J connectivity index is 2.04. The molecule has 2 aromatic rings. The summed E-state index contributed by atoms with van der Waals surface area (Å²) in [5.74, 6) is 0.389. The third kappa shape index (κ3) is 4.07.